The average Bonchev–Trinajstić information content (AvgIpc) is 2.86. The van der Waals surface area contributed by atoms with Crippen LogP contribution in [-0.4, -0.2) is 54.0 Å². The molecule has 0 fully saturated rings. The lowest BCUT2D eigenvalue weighted by Gasteiger charge is -2.12. The van der Waals surface area contributed by atoms with Crippen LogP contribution in [-0.2, 0) is 18.7 Å². The molecule has 0 spiro atoms. The van der Waals surface area contributed by atoms with E-state index in [0.29, 0.717) is 12.9 Å². The Bertz CT molecular complexity index is 983. The predicted octanol–water partition coefficient (Wildman–Crippen LogP) is 6.37. The Balaban J connectivity index is -0.000000233. The van der Waals surface area contributed by atoms with E-state index in [1.165, 1.54) is 18.2 Å². The van der Waals surface area contributed by atoms with E-state index < -0.39 is 42.0 Å². The smallest absolute Gasteiger partial charge is 0.367 e. The lowest BCUT2D eigenvalue weighted by Crippen LogP contribution is -2.10. The second-order valence-electron chi connectivity index (χ2n) is 6.79. The molecule has 0 saturated carbocycles. The van der Waals surface area contributed by atoms with Crippen molar-refractivity contribution in [1.29, 1.82) is 0 Å². The van der Waals surface area contributed by atoms with Gasteiger partial charge in [0.15, 0.2) is 11.7 Å². The molecule has 0 aliphatic heterocycles. The molecule has 2 aromatic rings. The van der Waals surface area contributed by atoms with E-state index in [1.54, 1.807) is 6.92 Å². The second kappa shape index (κ2) is 25.0. The van der Waals surface area contributed by atoms with Gasteiger partial charge in [-0.25, -0.2) is 18.0 Å². The number of aldehydes is 1. The van der Waals surface area contributed by atoms with Gasteiger partial charge < -0.3 is 13.9 Å². The number of rotatable bonds is 9. The number of halogens is 4. The minimum Gasteiger partial charge on any atom is -0.524 e. The molecule has 0 radical (unpaired) electrons. The molecule has 0 aliphatic carbocycles. The van der Waals surface area contributed by atoms with Crippen molar-refractivity contribution in [3.8, 4) is 0 Å². The van der Waals surface area contributed by atoms with Crippen molar-refractivity contribution in [2.45, 2.75) is 55.8 Å². The summed E-state index contributed by atoms with van der Waals surface area (Å²) >= 11 is 0. The van der Waals surface area contributed by atoms with Crippen LogP contribution in [0.4, 0.5) is 17.6 Å². The molecule has 13 heteroatoms. The zero-order chi connectivity index (χ0) is 27.5. The number of nitrogens with zero attached hydrogens (tertiary/aromatic N) is 2. The summed E-state index contributed by atoms with van der Waals surface area (Å²) < 4.78 is 65.4. The van der Waals surface area contributed by atoms with Crippen LogP contribution < -0.4 is 0 Å². The van der Waals surface area contributed by atoms with Crippen LogP contribution in [0.1, 0.15) is 52.3 Å². The molecule has 0 amide bonds. The minimum absolute atomic E-state index is 0. The largest absolute Gasteiger partial charge is 0.524 e. The Morgan fingerprint density at radius 3 is 1.77 bits per heavy atom. The molecule has 222 valence electrons. The number of carbonyl (C=O) groups is 2. The maximum absolute atomic E-state index is 13.3. The van der Waals surface area contributed by atoms with Crippen molar-refractivity contribution < 1.29 is 41.1 Å². The molecule has 0 aliphatic rings. The van der Waals surface area contributed by atoms with Gasteiger partial charge in [0.1, 0.15) is 26.1 Å². The van der Waals surface area contributed by atoms with Gasteiger partial charge in [-0.05, 0) is 44.7 Å². The first-order valence-corrected chi connectivity index (χ1v) is 15.8. The van der Waals surface area contributed by atoms with Gasteiger partial charge in [-0.15, -0.1) is 0 Å². The SMILES string of the molecule is C.C.C.CCO/C(O[SiH2]C)=C(\F)[SiH](C)C.CCOC(=O)/C(F)=C/c1ccc(F)cn1.O=Cc1ccc(F)cn1. The molecule has 2 rings (SSSR count). The van der Waals surface area contributed by atoms with Crippen LogP contribution in [0, 0.1) is 11.6 Å². The second-order valence-corrected chi connectivity index (χ2v) is 10.5. The first-order chi connectivity index (χ1) is 17.1. The number of carbonyl (C=O) groups excluding carboxylic acids is 2. The molecule has 0 N–H and O–H groups in total. The van der Waals surface area contributed by atoms with Crippen molar-refractivity contribution in [2.75, 3.05) is 13.2 Å². The molecule has 39 heavy (non-hydrogen) atoms. The Kier molecular flexibility index (Phi) is 27.4. The van der Waals surface area contributed by atoms with Gasteiger partial charge in [0, 0.05) is 6.08 Å². The molecule has 7 nitrogen and oxygen atoms in total. The first kappa shape index (κ1) is 42.8. The summed E-state index contributed by atoms with van der Waals surface area (Å²) in [7, 11) is -2.03. The summed E-state index contributed by atoms with van der Waals surface area (Å²) in [5.74, 6) is -2.91. The van der Waals surface area contributed by atoms with E-state index in [9.17, 15) is 27.2 Å². The van der Waals surface area contributed by atoms with Crippen molar-refractivity contribution >= 4 is 36.9 Å². The van der Waals surface area contributed by atoms with Crippen LogP contribution in [0.25, 0.3) is 6.08 Å². The summed E-state index contributed by atoms with van der Waals surface area (Å²) in [5.41, 5.74) is 0.254. The van der Waals surface area contributed by atoms with Crippen LogP contribution >= 0.6 is 0 Å². The molecular formula is C26H42F4N2O5Si2. The predicted molar refractivity (Wildman–Crippen MR) is 154 cm³/mol. The number of pyridine rings is 2. The first-order valence-electron chi connectivity index (χ1n) is 11.0. The molecule has 0 unspecified atom stereocenters. The maximum atomic E-state index is 13.3. The van der Waals surface area contributed by atoms with Crippen molar-refractivity contribution in [3.63, 3.8) is 0 Å². The summed E-state index contributed by atoms with van der Waals surface area (Å²) in [4.78, 5) is 27.8. The standard InChI is InChI=1S/C10H9F2NO2.C7H17FO2Si2.C6H4FNO.3CH4/c1-2-15-10(14)9(12)5-8-4-3-7(11)6-13-8;1-5-9-7(10-11-2)6(8)12(3)4;7-5-1-2-6(4-9)8-3-5;;;/h3-6H,2H2,1H3;12H,5,11H2,1-4H3;1-4H;3*1H4/b9-5-;7-6-;;;;. The number of aromatic nitrogens is 2. The highest BCUT2D eigenvalue weighted by Crippen LogP contribution is 2.12. The molecule has 0 saturated heterocycles. The summed E-state index contributed by atoms with van der Waals surface area (Å²) in [5, 5.41) is 0. The van der Waals surface area contributed by atoms with Gasteiger partial charge in [-0.3, -0.25) is 14.8 Å². The summed E-state index contributed by atoms with van der Waals surface area (Å²) in [6, 6.07) is 4.89. The topological polar surface area (TPSA) is 87.6 Å². The van der Waals surface area contributed by atoms with Gasteiger partial charge in [0.05, 0.1) is 31.3 Å². The molecule has 0 aromatic carbocycles. The summed E-state index contributed by atoms with van der Waals surface area (Å²) in [6.45, 7) is 9.74. The molecule has 0 atom stereocenters. The summed E-state index contributed by atoms with van der Waals surface area (Å²) in [6.07, 6.45) is 3.39. The van der Waals surface area contributed by atoms with Gasteiger partial charge in [0.2, 0.25) is 15.6 Å². The number of hydrogen-bond donors (Lipinski definition) is 0. The van der Waals surface area contributed by atoms with Gasteiger partial charge >= 0.3 is 5.97 Å². The minimum atomic E-state index is -1.40. The molecular weight excluding hydrogens is 552 g/mol. The Labute approximate surface area is 233 Å². The van der Waals surface area contributed by atoms with E-state index in [4.69, 9.17) is 9.16 Å². The average molecular weight is 595 g/mol. The van der Waals surface area contributed by atoms with Crippen molar-refractivity contribution in [3.05, 3.63) is 76.9 Å². The fraction of sp³-hybridized carbons (Fsp3) is 0.385. The number of ether oxygens (including phenoxy) is 2. The lowest BCUT2D eigenvalue weighted by molar-refractivity contribution is -0.140. The maximum Gasteiger partial charge on any atom is 0.367 e. The van der Waals surface area contributed by atoms with E-state index in [0.717, 1.165) is 24.5 Å². The van der Waals surface area contributed by atoms with Crippen molar-refractivity contribution in [2.24, 2.45) is 0 Å². The fourth-order valence-corrected chi connectivity index (χ4v) is 3.28. The highest BCUT2D eigenvalue weighted by atomic mass is 28.3. The lowest BCUT2D eigenvalue weighted by atomic mass is 10.3. The van der Waals surface area contributed by atoms with Crippen LogP contribution in [0.2, 0.25) is 19.6 Å². The molecule has 2 aromatic heterocycles. The van der Waals surface area contributed by atoms with E-state index in [2.05, 4.69) is 14.7 Å². The third-order valence-electron chi connectivity index (χ3n) is 3.62. The quantitative estimate of drug-likeness (QED) is 0.0832. The monoisotopic (exact) mass is 594 g/mol. The van der Waals surface area contributed by atoms with Gasteiger partial charge in [-0.2, -0.15) is 4.39 Å². The zero-order valence-corrected chi connectivity index (χ0v) is 23.3. The van der Waals surface area contributed by atoms with E-state index in [-0.39, 0.29) is 51.7 Å². The number of esters is 1. The fourth-order valence-electron chi connectivity index (χ4n) is 2.00. The van der Waals surface area contributed by atoms with Crippen LogP contribution in [0.15, 0.2) is 53.9 Å². The molecule has 2 heterocycles. The van der Waals surface area contributed by atoms with Gasteiger partial charge in [-0.1, -0.05) is 35.4 Å². The molecule has 0 bridgehead atoms. The highest BCUT2D eigenvalue weighted by Gasteiger charge is 2.13. The van der Waals surface area contributed by atoms with Crippen LogP contribution in [0.5, 0.6) is 0 Å². The Morgan fingerprint density at radius 2 is 1.41 bits per heavy atom. The third kappa shape index (κ3) is 19.4. The van der Waals surface area contributed by atoms with E-state index in [1.807, 2.05) is 26.6 Å². The number of hydrogen-bond acceptors (Lipinski definition) is 7. The Hall–Kier alpha value is -3.33. The van der Waals surface area contributed by atoms with Gasteiger partial charge in [0.25, 0.3) is 5.95 Å². The zero-order valence-electron chi connectivity index (χ0n) is 20.8. The van der Waals surface area contributed by atoms with Crippen LogP contribution in [0.3, 0.4) is 0 Å². The normalized spacial score (nSPS) is 10.7. The Morgan fingerprint density at radius 1 is 0.923 bits per heavy atom. The third-order valence-corrected chi connectivity index (χ3v) is 5.42. The highest BCUT2D eigenvalue weighted by molar-refractivity contribution is 6.63. The van der Waals surface area contributed by atoms with Crippen molar-refractivity contribution in [1.82, 2.24) is 9.97 Å². The van der Waals surface area contributed by atoms with E-state index >= 15 is 0 Å².